The lowest BCUT2D eigenvalue weighted by Crippen LogP contribution is -2.14. The van der Waals surface area contributed by atoms with Crippen LogP contribution in [0.3, 0.4) is 0 Å². The van der Waals surface area contributed by atoms with E-state index >= 15 is 0 Å². The number of anilines is 3. The highest BCUT2D eigenvalue weighted by Gasteiger charge is 2.09. The summed E-state index contributed by atoms with van der Waals surface area (Å²) < 4.78 is 0. The first-order chi connectivity index (χ1) is 12.1. The number of thioether (sulfide) groups is 1. The second-order valence-electron chi connectivity index (χ2n) is 5.44. The van der Waals surface area contributed by atoms with Gasteiger partial charge in [-0.3, -0.25) is 4.79 Å². The second kappa shape index (κ2) is 8.13. The van der Waals surface area contributed by atoms with Gasteiger partial charge in [0.15, 0.2) is 5.13 Å². The van der Waals surface area contributed by atoms with Gasteiger partial charge in [0.25, 0.3) is 0 Å². The number of amides is 1. The number of pyridine rings is 1. The van der Waals surface area contributed by atoms with Crippen LogP contribution in [-0.4, -0.2) is 22.1 Å². The van der Waals surface area contributed by atoms with Gasteiger partial charge in [0, 0.05) is 22.2 Å². The third-order valence-corrected chi connectivity index (χ3v) is 4.97. The largest absolute Gasteiger partial charge is 0.326 e. The molecule has 2 N–H and O–H groups in total. The number of rotatable bonds is 6. The molecule has 7 heteroatoms. The first kappa shape index (κ1) is 17.4. The van der Waals surface area contributed by atoms with E-state index in [-0.39, 0.29) is 12.3 Å². The minimum absolute atomic E-state index is 0.0811. The van der Waals surface area contributed by atoms with Crippen LogP contribution >= 0.6 is 23.1 Å². The monoisotopic (exact) mass is 370 g/mol. The number of carbonyl (C=O) groups excluding carboxylic acids is 1. The lowest BCUT2D eigenvalue weighted by atomic mass is 10.3. The van der Waals surface area contributed by atoms with Crippen LogP contribution in [0, 0.1) is 6.92 Å². The predicted octanol–water partition coefficient (Wildman–Crippen LogP) is 4.49. The summed E-state index contributed by atoms with van der Waals surface area (Å²) in [5, 5.41) is 8.67. The Morgan fingerprint density at radius 1 is 1.24 bits per heavy atom. The number of aryl methyl sites for hydroxylation is 1. The molecule has 0 radical (unpaired) electrons. The highest BCUT2D eigenvalue weighted by molar-refractivity contribution is 7.98. The fourth-order valence-corrected chi connectivity index (χ4v) is 3.33. The number of thiazole rings is 1. The summed E-state index contributed by atoms with van der Waals surface area (Å²) in [7, 11) is 0. The van der Waals surface area contributed by atoms with E-state index in [4.69, 9.17) is 0 Å². The maximum atomic E-state index is 12.2. The van der Waals surface area contributed by atoms with Crippen LogP contribution in [0.25, 0.3) is 0 Å². The molecule has 0 bridgehead atoms. The molecular weight excluding hydrogens is 352 g/mol. The van der Waals surface area contributed by atoms with Gasteiger partial charge in [-0.15, -0.1) is 23.1 Å². The van der Waals surface area contributed by atoms with Crippen LogP contribution in [-0.2, 0) is 11.2 Å². The van der Waals surface area contributed by atoms with Crippen molar-refractivity contribution in [2.24, 2.45) is 0 Å². The number of hydrogen-bond acceptors (Lipinski definition) is 6. The van der Waals surface area contributed by atoms with Crippen molar-refractivity contribution in [3.63, 3.8) is 0 Å². The van der Waals surface area contributed by atoms with Crippen LogP contribution in [0.2, 0.25) is 0 Å². The molecule has 0 unspecified atom stereocenters. The SMILES string of the molecule is CSc1ccc(NC(=O)Cc2csc(Nc3cc(C)ccn3)n2)cc1. The highest BCUT2D eigenvalue weighted by atomic mass is 32.2. The van der Waals surface area contributed by atoms with Gasteiger partial charge in [0.1, 0.15) is 5.82 Å². The lowest BCUT2D eigenvalue weighted by molar-refractivity contribution is -0.115. The van der Waals surface area contributed by atoms with Crippen LogP contribution in [0.1, 0.15) is 11.3 Å². The van der Waals surface area contributed by atoms with E-state index in [9.17, 15) is 4.79 Å². The Labute approximate surface area is 154 Å². The van der Waals surface area contributed by atoms with Gasteiger partial charge >= 0.3 is 0 Å². The first-order valence-electron chi connectivity index (χ1n) is 7.70. The molecule has 1 aromatic carbocycles. The fourth-order valence-electron chi connectivity index (χ4n) is 2.20. The van der Waals surface area contributed by atoms with Gasteiger partial charge in [-0.2, -0.15) is 0 Å². The Hall–Kier alpha value is -2.38. The number of aromatic nitrogens is 2. The molecule has 0 aliphatic rings. The Bertz CT molecular complexity index is 862. The topological polar surface area (TPSA) is 66.9 Å². The molecule has 0 saturated heterocycles. The van der Waals surface area contributed by atoms with Crippen molar-refractivity contribution in [3.8, 4) is 0 Å². The molecule has 3 aromatic rings. The molecule has 3 rings (SSSR count). The molecule has 2 aromatic heterocycles. The van der Waals surface area contributed by atoms with Gasteiger partial charge in [0.2, 0.25) is 5.91 Å². The summed E-state index contributed by atoms with van der Waals surface area (Å²) in [6, 6.07) is 11.7. The third-order valence-electron chi connectivity index (χ3n) is 3.42. The van der Waals surface area contributed by atoms with Crippen molar-refractivity contribution in [3.05, 3.63) is 59.2 Å². The second-order valence-corrected chi connectivity index (χ2v) is 7.18. The molecule has 0 atom stereocenters. The van der Waals surface area contributed by atoms with Crippen molar-refractivity contribution in [2.75, 3.05) is 16.9 Å². The molecule has 0 aliphatic carbocycles. The van der Waals surface area contributed by atoms with Gasteiger partial charge < -0.3 is 10.6 Å². The number of hydrogen-bond donors (Lipinski definition) is 2. The third kappa shape index (κ3) is 5.04. The summed E-state index contributed by atoms with van der Waals surface area (Å²) in [6.07, 6.45) is 4.01. The van der Waals surface area contributed by atoms with Crippen molar-refractivity contribution in [1.29, 1.82) is 0 Å². The average Bonchev–Trinajstić information content (AvgIpc) is 3.02. The molecule has 0 spiro atoms. The lowest BCUT2D eigenvalue weighted by Gasteiger charge is -2.05. The van der Waals surface area contributed by atoms with Gasteiger partial charge in [0.05, 0.1) is 12.1 Å². The van der Waals surface area contributed by atoms with E-state index in [1.54, 1.807) is 18.0 Å². The molecule has 2 heterocycles. The molecule has 0 aliphatic heterocycles. The maximum absolute atomic E-state index is 12.2. The summed E-state index contributed by atoms with van der Waals surface area (Å²) in [5.41, 5.74) is 2.65. The molecular formula is C18H18N4OS2. The summed E-state index contributed by atoms with van der Waals surface area (Å²) >= 11 is 3.13. The van der Waals surface area contributed by atoms with Crippen LogP contribution < -0.4 is 10.6 Å². The Balaban J connectivity index is 1.57. The Kier molecular flexibility index (Phi) is 5.67. The predicted molar refractivity (Wildman–Crippen MR) is 105 cm³/mol. The van der Waals surface area contributed by atoms with E-state index in [0.717, 1.165) is 32.8 Å². The van der Waals surface area contributed by atoms with E-state index in [1.165, 1.54) is 11.3 Å². The Morgan fingerprint density at radius 2 is 2.04 bits per heavy atom. The zero-order valence-electron chi connectivity index (χ0n) is 13.9. The van der Waals surface area contributed by atoms with E-state index in [0.29, 0.717) is 0 Å². The molecule has 0 fully saturated rings. The standard InChI is InChI=1S/C18H18N4OS2/c1-12-7-8-19-16(9-12)22-18-21-14(11-25-18)10-17(23)20-13-3-5-15(24-2)6-4-13/h3-9,11H,10H2,1-2H3,(H,20,23)(H,19,21,22). The number of nitrogens with zero attached hydrogens (tertiary/aromatic N) is 2. The van der Waals surface area contributed by atoms with Crippen molar-refractivity contribution < 1.29 is 4.79 Å². The smallest absolute Gasteiger partial charge is 0.230 e. The van der Waals surface area contributed by atoms with Crippen molar-refractivity contribution >= 4 is 45.6 Å². The number of carbonyl (C=O) groups is 1. The van der Waals surface area contributed by atoms with Gasteiger partial charge in [-0.25, -0.2) is 9.97 Å². The van der Waals surface area contributed by atoms with Crippen LogP contribution in [0.4, 0.5) is 16.6 Å². The van der Waals surface area contributed by atoms with Crippen molar-refractivity contribution in [1.82, 2.24) is 9.97 Å². The highest BCUT2D eigenvalue weighted by Crippen LogP contribution is 2.21. The van der Waals surface area contributed by atoms with Crippen molar-refractivity contribution in [2.45, 2.75) is 18.2 Å². The first-order valence-corrected chi connectivity index (χ1v) is 9.81. The quantitative estimate of drug-likeness (QED) is 0.626. The zero-order chi connectivity index (χ0) is 17.6. The summed E-state index contributed by atoms with van der Waals surface area (Å²) in [5.74, 6) is 0.668. The summed E-state index contributed by atoms with van der Waals surface area (Å²) in [4.78, 5) is 22.0. The van der Waals surface area contributed by atoms with E-state index in [2.05, 4.69) is 20.6 Å². The average molecular weight is 371 g/mol. The molecule has 128 valence electrons. The van der Waals surface area contributed by atoms with Crippen LogP contribution in [0.5, 0.6) is 0 Å². The number of nitrogens with one attached hydrogen (secondary N) is 2. The molecule has 25 heavy (non-hydrogen) atoms. The summed E-state index contributed by atoms with van der Waals surface area (Å²) in [6.45, 7) is 2.01. The molecule has 1 amide bonds. The number of benzene rings is 1. The van der Waals surface area contributed by atoms with Crippen LogP contribution in [0.15, 0.2) is 52.9 Å². The molecule has 5 nitrogen and oxygen atoms in total. The van der Waals surface area contributed by atoms with E-state index in [1.807, 2.05) is 55.0 Å². The molecule has 0 saturated carbocycles. The fraction of sp³-hybridized carbons (Fsp3) is 0.167. The Morgan fingerprint density at radius 3 is 2.76 bits per heavy atom. The van der Waals surface area contributed by atoms with E-state index < -0.39 is 0 Å². The maximum Gasteiger partial charge on any atom is 0.230 e. The normalized spacial score (nSPS) is 10.5. The zero-order valence-corrected chi connectivity index (χ0v) is 15.6. The minimum atomic E-state index is -0.0811. The van der Waals surface area contributed by atoms with Gasteiger partial charge in [-0.1, -0.05) is 0 Å². The van der Waals surface area contributed by atoms with Gasteiger partial charge in [-0.05, 0) is 55.1 Å². The minimum Gasteiger partial charge on any atom is -0.326 e.